The van der Waals surface area contributed by atoms with Gasteiger partial charge in [0.2, 0.25) is 0 Å². The van der Waals surface area contributed by atoms with Gasteiger partial charge in [0.05, 0.1) is 11.9 Å². The molecule has 0 radical (unpaired) electrons. The van der Waals surface area contributed by atoms with Crippen molar-refractivity contribution in [1.29, 1.82) is 0 Å². The zero-order valence-corrected chi connectivity index (χ0v) is 11.9. The minimum absolute atomic E-state index is 0.339. The van der Waals surface area contributed by atoms with Gasteiger partial charge in [-0.25, -0.2) is 4.39 Å². The van der Waals surface area contributed by atoms with Crippen LogP contribution < -0.4 is 11.1 Å². The van der Waals surface area contributed by atoms with Crippen LogP contribution >= 0.6 is 11.3 Å². The number of fused-ring (bicyclic) bond motifs is 1. The molecule has 21 heavy (non-hydrogen) atoms. The Morgan fingerprint density at radius 1 is 1.38 bits per heavy atom. The molecule has 0 unspecified atom stereocenters. The number of hydrogen-bond donors (Lipinski definition) is 2. The van der Waals surface area contributed by atoms with Gasteiger partial charge >= 0.3 is 0 Å². The van der Waals surface area contributed by atoms with Gasteiger partial charge in [-0.2, -0.15) is 5.10 Å². The summed E-state index contributed by atoms with van der Waals surface area (Å²) in [6.45, 7) is 1.66. The Hall–Kier alpha value is -2.54. The number of nitrogen functional groups attached to an aromatic ring is 1. The van der Waals surface area contributed by atoms with Crippen molar-refractivity contribution in [2.75, 3.05) is 11.1 Å². The molecule has 0 bridgehead atoms. The number of rotatable bonds is 2. The van der Waals surface area contributed by atoms with E-state index in [1.807, 2.05) is 0 Å². The third kappa shape index (κ3) is 2.43. The summed E-state index contributed by atoms with van der Waals surface area (Å²) in [6.07, 6.45) is 1.52. The molecule has 3 aromatic rings. The van der Waals surface area contributed by atoms with Crippen LogP contribution in [-0.4, -0.2) is 16.1 Å². The van der Waals surface area contributed by atoms with E-state index in [0.29, 0.717) is 32.0 Å². The molecule has 0 fully saturated rings. The highest BCUT2D eigenvalue weighted by Gasteiger charge is 2.17. The maximum atomic E-state index is 13.5. The summed E-state index contributed by atoms with van der Waals surface area (Å²) in [4.78, 5) is 13.2. The second-order valence-corrected chi connectivity index (χ2v) is 5.51. The summed E-state index contributed by atoms with van der Waals surface area (Å²) < 4.78 is 13.5. The van der Waals surface area contributed by atoms with Crippen molar-refractivity contribution in [2.24, 2.45) is 0 Å². The number of thiophene rings is 1. The number of benzene rings is 1. The number of nitrogens with one attached hydrogen (secondary N) is 1. The van der Waals surface area contributed by atoms with Crippen LogP contribution in [0.3, 0.4) is 0 Å². The molecule has 106 valence electrons. The van der Waals surface area contributed by atoms with Gasteiger partial charge in [-0.3, -0.25) is 4.79 Å². The molecule has 1 amide bonds. The molecule has 2 heterocycles. The van der Waals surface area contributed by atoms with E-state index in [4.69, 9.17) is 5.73 Å². The smallest absolute Gasteiger partial charge is 0.267 e. The van der Waals surface area contributed by atoms with Crippen LogP contribution in [0, 0.1) is 12.7 Å². The van der Waals surface area contributed by atoms with Gasteiger partial charge in [-0.15, -0.1) is 16.4 Å². The molecule has 3 N–H and O–H groups in total. The fourth-order valence-corrected chi connectivity index (χ4v) is 2.83. The Labute approximate surface area is 123 Å². The Bertz CT molecular complexity index is 846. The highest BCUT2D eigenvalue weighted by Crippen LogP contribution is 2.32. The largest absolute Gasteiger partial charge is 0.397 e. The molecule has 2 aromatic heterocycles. The van der Waals surface area contributed by atoms with Crippen LogP contribution in [0.15, 0.2) is 30.5 Å². The Morgan fingerprint density at radius 2 is 2.19 bits per heavy atom. The lowest BCUT2D eigenvalue weighted by Crippen LogP contribution is -2.12. The SMILES string of the molecule is Cc1ccc(NC(=O)c2sc3nnccc3c2N)cc1F. The predicted octanol–water partition coefficient (Wildman–Crippen LogP) is 2.97. The van der Waals surface area contributed by atoms with Crippen molar-refractivity contribution < 1.29 is 9.18 Å². The predicted molar refractivity (Wildman–Crippen MR) is 80.9 cm³/mol. The first kappa shape index (κ1) is 13.4. The fraction of sp³-hybridized carbons (Fsp3) is 0.0714. The summed E-state index contributed by atoms with van der Waals surface area (Å²) in [7, 11) is 0. The Balaban J connectivity index is 1.93. The standard InChI is InChI=1S/C14H11FN4OS/c1-7-2-3-8(6-10(7)15)18-13(20)12-11(16)9-4-5-17-19-14(9)21-12/h2-6H,16H2,1H3,(H,18,20). The number of aryl methyl sites for hydroxylation is 1. The summed E-state index contributed by atoms with van der Waals surface area (Å²) in [5, 5.41) is 11.0. The maximum Gasteiger partial charge on any atom is 0.267 e. The van der Waals surface area contributed by atoms with E-state index in [1.54, 1.807) is 25.1 Å². The first-order valence-corrected chi connectivity index (χ1v) is 6.95. The molecule has 0 aliphatic heterocycles. The Kier molecular flexibility index (Phi) is 3.26. The molecule has 0 atom stereocenters. The van der Waals surface area contributed by atoms with E-state index >= 15 is 0 Å². The minimum Gasteiger partial charge on any atom is -0.397 e. The van der Waals surface area contributed by atoms with Gasteiger partial charge < -0.3 is 11.1 Å². The molecule has 7 heteroatoms. The maximum absolute atomic E-state index is 13.5. The number of nitrogens with zero attached hydrogens (tertiary/aromatic N) is 2. The number of carbonyl (C=O) groups is 1. The molecule has 0 spiro atoms. The summed E-state index contributed by atoms with van der Waals surface area (Å²) in [5.41, 5.74) is 7.21. The van der Waals surface area contributed by atoms with Crippen molar-refractivity contribution >= 4 is 38.8 Å². The molecule has 0 saturated carbocycles. The highest BCUT2D eigenvalue weighted by atomic mass is 32.1. The average molecular weight is 302 g/mol. The number of nitrogens with two attached hydrogens (primary N) is 1. The van der Waals surface area contributed by atoms with Crippen LogP contribution in [0.2, 0.25) is 0 Å². The van der Waals surface area contributed by atoms with Crippen LogP contribution in [-0.2, 0) is 0 Å². The number of amides is 1. The van der Waals surface area contributed by atoms with Gasteiger partial charge in [0.25, 0.3) is 5.91 Å². The van der Waals surface area contributed by atoms with Crippen LogP contribution in [0.5, 0.6) is 0 Å². The first-order chi connectivity index (χ1) is 10.1. The minimum atomic E-state index is -0.390. The van der Waals surface area contributed by atoms with Crippen molar-refractivity contribution in [3.63, 3.8) is 0 Å². The molecular formula is C14H11FN4OS. The zero-order valence-electron chi connectivity index (χ0n) is 11.1. The van der Waals surface area contributed by atoms with E-state index in [-0.39, 0.29) is 5.82 Å². The van der Waals surface area contributed by atoms with E-state index < -0.39 is 5.91 Å². The second-order valence-electron chi connectivity index (χ2n) is 4.51. The molecule has 0 aliphatic carbocycles. The normalized spacial score (nSPS) is 10.8. The number of halogens is 1. The highest BCUT2D eigenvalue weighted by molar-refractivity contribution is 7.21. The topological polar surface area (TPSA) is 80.9 Å². The summed E-state index contributed by atoms with van der Waals surface area (Å²) in [5.74, 6) is -0.762. The van der Waals surface area contributed by atoms with Crippen LogP contribution in [0.25, 0.3) is 10.2 Å². The summed E-state index contributed by atoms with van der Waals surface area (Å²) in [6, 6.07) is 6.22. The number of anilines is 2. The van der Waals surface area contributed by atoms with E-state index in [0.717, 1.165) is 11.3 Å². The molecule has 0 saturated heterocycles. The van der Waals surface area contributed by atoms with Crippen molar-refractivity contribution in [1.82, 2.24) is 10.2 Å². The van der Waals surface area contributed by atoms with E-state index in [9.17, 15) is 9.18 Å². The monoisotopic (exact) mass is 302 g/mol. The van der Waals surface area contributed by atoms with Crippen molar-refractivity contribution in [3.05, 3.63) is 46.7 Å². The zero-order chi connectivity index (χ0) is 15.0. The molecule has 1 aromatic carbocycles. The van der Waals surface area contributed by atoms with Gasteiger partial charge in [0.1, 0.15) is 15.5 Å². The Morgan fingerprint density at radius 3 is 2.90 bits per heavy atom. The average Bonchev–Trinajstić information content (AvgIpc) is 2.81. The second kappa shape index (κ2) is 5.10. The van der Waals surface area contributed by atoms with Gasteiger partial charge in [-0.05, 0) is 30.7 Å². The number of carbonyl (C=O) groups excluding carboxylic acids is 1. The molecule has 5 nitrogen and oxygen atoms in total. The lowest BCUT2D eigenvalue weighted by atomic mass is 10.2. The molecular weight excluding hydrogens is 291 g/mol. The van der Waals surface area contributed by atoms with Crippen molar-refractivity contribution in [2.45, 2.75) is 6.92 Å². The third-order valence-corrected chi connectivity index (χ3v) is 4.16. The lowest BCUT2D eigenvalue weighted by Gasteiger charge is -2.05. The molecule has 0 aliphatic rings. The quantitative estimate of drug-likeness (QED) is 0.762. The first-order valence-electron chi connectivity index (χ1n) is 6.13. The fourth-order valence-electron chi connectivity index (χ4n) is 1.90. The number of hydrogen-bond acceptors (Lipinski definition) is 5. The van der Waals surface area contributed by atoms with E-state index in [2.05, 4.69) is 15.5 Å². The summed E-state index contributed by atoms with van der Waals surface area (Å²) >= 11 is 1.15. The third-order valence-electron chi connectivity index (χ3n) is 3.06. The van der Waals surface area contributed by atoms with Crippen LogP contribution in [0.1, 0.15) is 15.2 Å². The van der Waals surface area contributed by atoms with Crippen molar-refractivity contribution in [3.8, 4) is 0 Å². The van der Waals surface area contributed by atoms with E-state index in [1.165, 1.54) is 12.3 Å². The lowest BCUT2D eigenvalue weighted by molar-refractivity contribution is 0.103. The molecule has 3 rings (SSSR count). The van der Waals surface area contributed by atoms with Gasteiger partial charge in [-0.1, -0.05) is 6.07 Å². The van der Waals surface area contributed by atoms with Gasteiger partial charge in [0.15, 0.2) is 0 Å². The number of aromatic nitrogens is 2. The van der Waals surface area contributed by atoms with Crippen LogP contribution in [0.4, 0.5) is 15.8 Å². The van der Waals surface area contributed by atoms with Gasteiger partial charge in [0, 0.05) is 11.1 Å².